The van der Waals surface area contributed by atoms with Crippen molar-refractivity contribution in [1.29, 1.82) is 0 Å². The standard InChI is InChI=1S/C21H22N2O3S/c1-15-11-16(2)13-17(12-15)23-14-20(21(24)22-9-5-6-10-22)27(25,26)19-8-4-3-7-18(19)23/h3-4,7-8,11-14H,5-6,9-10H2,1-2H3. The van der Waals surface area contributed by atoms with Crippen molar-refractivity contribution in [3.05, 3.63) is 64.7 Å². The molecule has 1 fully saturated rings. The lowest BCUT2D eigenvalue weighted by Crippen LogP contribution is -2.35. The first-order valence-corrected chi connectivity index (χ1v) is 10.6. The number of para-hydroxylation sites is 1. The van der Waals surface area contributed by atoms with E-state index in [1.165, 1.54) is 6.20 Å². The molecule has 0 aromatic heterocycles. The molecule has 0 radical (unpaired) electrons. The monoisotopic (exact) mass is 382 g/mol. The summed E-state index contributed by atoms with van der Waals surface area (Å²) < 4.78 is 26.3. The number of fused-ring (bicyclic) bond motifs is 1. The molecule has 0 N–H and O–H groups in total. The number of carbonyl (C=O) groups excluding carboxylic acids is 1. The molecular weight excluding hydrogens is 360 g/mol. The van der Waals surface area contributed by atoms with Crippen LogP contribution in [0.2, 0.25) is 0 Å². The molecule has 2 aliphatic heterocycles. The molecule has 1 saturated heterocycles. The predicted octanol–water partition coefficient (Wildman–Crippen LogP) is 3.69. The van der Waals surface area contributed by atoms with Crippen molar-refractivity contribution < 1.29 is 13.2 Å². The van der Waals surface area contributed by atoms with E-state index in [0.29, 0.717) is 18.8 Å². The van der Waals surface area contributed by atoms with Crippen molar-refractivity contribution in [2.45, 2.75) is 31.6 Å². The average Bonchev–Trinajstić information content (AvgIpc) is 3.15. The highest BCUT2D eigenvalue weighted by Gasteiger charge is 2.38. The van der Waals surface area contributed by atoms with Crippen LogP contribution in [0.15, 0.2) is 58.5 Å². The molecule has 0 unspecified atom stereocenters. The van der Waals surface area contributed by atoms with Gasteiger partial charge in [0, 0.05) is 25.0 Å². The van der Waals surface area contributed by atoms with Gasteiger partial charge in [-0.25, -0.2) is 8.42 Å². The van der Waals surface area contributed by atoms with Crippen molar-refractivity contribution >= 4 is 27.1 Å². The second-order valence-electron chi connectivity index (χ2n) is 7.18. The quantitative estimate of drug-likeness (QED) is 0.795. The van der Waals surface area contributed by atoms with Gasteiger partial charge in [-0.05, 0) is 62.1 Å². The van der Waals surface area contributed by atoms with Gasteiger partial charge in [-0.3, -0.25) is 4.79 Å². The second kappa shape index (κ2) is 6.53. The molecule has 0 saturated carbocycles. The maximum absolute atomic E-state index is 13.2. The fourth-order valence-corrected chi connectivity index (χ4v) is 5.35. The zero-order chi connectivity index (χ0) is 19.2. The molecular formula is C21H22N2O3S. The van der Waals surface area contributed by atoms with Crippen LogP contribution in [0.1, 0.15) is 24.0 Å². The van der Waals surface area contributed by atoms with Gasteiger partial charge in [0.1, 0.15) is 0 Å². The van der Waals surface area contributed by atoms with Gasteiger partial charge in [-0.2, -0.15) is 0 Å². The van der Waals surface area contributed by atoms with Crippen LogP contribution >= 0.6 is 0 Å². The summed E-state index contributed by atoms with van der Waals surface area (Å²) >= 11 is 0. The van der Waals surface area contributed by atoms with Crippen LogP contribution in [-0.2, 0) is 14.6 Å². The van der Waals surface area contributed by atoms with Crippen molar-refractivity contribution in [3.63, 3.8) is 0 Å². The third-order valence-corrected chi connectivity index (χ3v) is 6.82. The lowest BCUT2D eigenvalue weighted by Gasteiger charge is -2.30. The number of amides is 1. The van der Waals surface area contributed by atoms with Crippen molar-refractivity contribution in [1.82, 2.24) is 4.90 Å². The third kappa shape index (κ3) is 3.04. The Hall–Kier alpha value is -2.60. The number of benzene rings is 2. The molecule has 2 aromatic carbocycles. The Morgan fingerprint density at radius 2 is 1.59 bits per heavy atom. The zero-order valence-corrected chi connectivity index (χ0v) is 16.3. The number of hydrogen-bond donors (Lipinski definition) is 0. The minimum absolute atomic E-state index is 0.151. The number of sulfone groups is 1. The number of anilines is 2. The molecule has 2 aliphatic rings. The highest BCUT2D eigenvalue weighted by molar-refractivity contribution is 7.96. The Labute approximate surface area is 159 Å². The normalized spacial score (nSPS) is 18.2. The van der Waals surface area contributed by atoms with Gasteiger partial charge < -0.3 is 9.80 Å². The van der Waals surface area contributed by atoms with E-state index in [9.17, 15) is 13.2 Å². The van der Waals surface area contributed by atoms with E-state index in [0.717, 1.165) is 29.7 Å². The van der Waals surface area contributed by atoms with Crippen LogP contribution in [-0.4, -0.2) is 32.3 Å². The Morgan fingerprint density at radius 1 is 0.963 bits per heavy atom. The lowest BCUT2D eigenvalue weighted by atomic mass is 10.1. The minimum atomic E-state index is -3.85. The molecule has 0 aliphatic carbocycles. The minimum Gasteiger partial charge on any atom is -0.338 e. The Bertz CT molecular complexity index is 1030. The van der Waals surface area contributed by atoms with Crippen molar-refractivity contribution in [2.75, 3.05) is 18.0 Å². The maximum Gasteiger partial charge on any atom is 0.267 e. The van der Waals surface area contributed by atoms with Gasteiger partial charge in [-0.15, -0.1) is 0 Å². The summed E-state index contributed by atoms with van der Waals surface area (Å²) in [6.45, 7) is 5.22. The summed E-state index contributed by atoms with van der Waals surface area (Å²) in [5, 5.41) is 0. The van der Waals surface area contributed by atoms with Crippen LogP contribution < -0.4 is 4.90 Å². The Morgan fingerprint density at radius 3 is 2.26 bits per heavy atom. The number of rotatable bonds is 2. The van der Waals surface area contributed by atoms with Crippen LogP contribution in [0.4, 0.5) is 11.4 Å². The molecule has 2 aromatic rings. The Kier molecular flexibility index (Phi) is 4.30. The average molecular weight is 382 g/mol. The summed E-state index contributed by atoms with van der Waals surface area (Å²) in [5.74, 6) is -0.406. The highest BCUT2D eigenvalue weighted by Crippen LogP contribution is 2.40. The van der Waals surface area contributed by atoms with E-state index >= 15 is 0 Å². The van der Waals surface area contributed by atoms with Gasteiger partial charge in [0.25, 0.3) is 5.91 Å². The Balaban J connectivity index is 1.91. The van der Waals surface area contributed by atoms with Crippen molar-refractivity contribution in [2.24, 2.45) is 0 Å². The fraction of sp³-hybridized carbons (Fsp3) is 0.286. The van der Waals surface area contributed by atoms with Crippen LogP contribution in [0, 0.1) is 13.8 Å². The first kappa shape index (κ1) is 17.8. The molecule has 0 atom stereocenters. The first-order valence-electron chi connectivity index (χ1n) is 9.11. The van der Waals surface area contributed by atoms with Gasteiger partial charge in [0.15, 0.2) is 4.91 Å². The zero-order valence-electron chi connectivity index (χ0n) is 15.5. The summed E-state index contributed by atoms with van der Waals surface area (Å²) in [6.07, 6.45) is 3.32. The van der Waals surface area contributed by atoms with E-state index in [1.807, 2.05) is 36.9 Å². The third-order valence-electron chi connectivity index (χ3n) is 5.04. The molecule has 27 heavy (non-hydrogen) atoms. The maximum atomic E-state index is 13.2. The van der Waals surface area contributed by atoms with Gasteiger partial charge in [0.05, 0.1) is 10.6 Å². The van der Waals surface area contributed by atoms with Crippen LogP contribution in [0.25, 0.3) is 0 Å². The summed E-state index contributed by atoms with van der Waals surface area (Å²) in [5.41, 5.74) is 3.58. The predicted molar refractivity (Wildman–Crippen MR) is 106 cm³/mol. The van der Waals surface area contributed by atoms with E-state index in [2.05, 4.69) is 6.07 Å². The second-order valence-corrected chi connectivity index (χ2v) is 9.07. The van der Waals surface area contributed by atoms with Gasteiger partial charge in [0.2, 0.25) is 9.84 Å². The van der Waals surface area contributed by atoms with E-state index < -0.39 is 15.7 Å². The molecule has 0 bridgehead atoms. The van der Waals surface area contributed by atoms with Gasteiger partial charge >= 0.3 is 0 Å². The fourth-order valence-electron chi connectivity index (χ4n) is 3.81. The van der Waals surface area contributed by atoms with Gasteiger partial charge in [-0.1, -0.05) is 18.2 Å². The molecule has 5 nitrogen and oxygen atoms in total. The smallest absolute Gasteiger partial charge is 0.267 e. The number of aryl methyl sites for hydroxylation is 2. The SMILES string of the molecule is Cc1cc(C)cc(N2C=C(C(=O)N3CCCC3)S(=O)(=O)c3ccccc32)c1. The molecule has 6 heteroatoms. The van der Waals surface area contributed by atoms with Crippen LogP contribution in [0.3, 0.4) is 0 Å². The molecule has 140 valence electrons. The molecule has 1 amide bonds. The number of nitrogens with zero attached hydrogens (tertiary/aromatic N) is 2. The largest absolute Gasteiger partial charge is 0.338 e. The van der Waals surface area contributed by atoms with Crippen LogP contribution in [0.5, 0.6) is 0 Å². The summed E-state index contributed by atoms with van der Waals surface area (Å²) in [4.78, 5) is 16.5. The molecule has 2 heterocycles. The first-order chi connectivity index (χ1) is 12.9. The topological polar surface area (TPSA) is 57.7 Å². The number of carbonyl (C=O) groups is 1. The van der Waals surface area contributed by atoms with E-state index in [1.54, 1.807) is 23.1 Å². The number of hydrogen-bond acceptors (Lipinski definition) is 4. The summed E-state index contributed by atoms with van der Waals surface area (Å²) in [6, 6.07) is 12.9. The highest BCUT2D eigenvalue weighted by atomic mass is 32.2. The van der Waals surface area contributed by atoms with E-state index in [4.69, 9.17) is 0 Å². The van der Waals surface area contributed by atoms with Crippen molar-refractivity contribution in [3.8, 4) is 0 Å². The summed E-state index contributed by atoms with van der Waals surface area (Å²) in [7, 11) is -3.85. The molecule has 4 rings (SSSR count). The molecule has 0 spiro atoms. The number of likely N-dealkylation sites (tertiary alicyclic amines) is 1. The van der Waals surface area contributed by atoms with E-state index in [-0.39, 0.29) is 9.80 Å². The lowest BCUT2D eigenvalue weighted by molar-refractivity contribution is -0.125.